The third kappa shape index (κ3) is 6.15. The van der Waals surface area contributed by atoms with Crippen LogP contribution in [0.3, 0.4) is 0 Å². The van der Waals surface area contributed by atoms with E-state index in [1.807, 2.05) is 12.1 Å². The molecule has 0 aliphatic carbocycles. The summed E-state index contributed by atoms with van der Waals surface area (Å²) < 4.78 is 0.769. The Labute approximate surface area is 144 Å². The Morgan fingerprint density at radius 2 is 1.52 bits per heavy atom. The van der Waals surface area contributed by atoms with Crippen molar-refractivity contribution in [2.75, 3.05) is 0 Å². The summed E-state index contributed by atoms with van der Waals surface area (Å²) in [6.45, 7) is 0. The summed E-state index contributed by atoms with van der Waals surface area (Å²) in [7, 11) is 0. The second-order valence-corrected chi connectivity index (χ2v) is 4.95. The summed E-state index contributed by atoms with van der Waals surface area (Å²) >= 11 is 0. The molecule has 0 fully saturated rings. The van der Waals surface area contributed by atoms with E-state index >= 15 is 0 Å². The first-order chi connectivity index (χ1) is 12.0. The van der Waals surface area contributed by atoms with Gasteiger partial charge in [-0.3, -0.25) is 4.98 Å². The molecule has 0 aliphatic heterocycles. The third-order valence-electron chi connectivity index (χ3n) is 3.13. The first kappa shape index (κ1) is 17.7. The van der Waals surface area contributed by atoms with Crippen molar-refractivity contribution < 1.29 is 19.7 Å². The number of carbonyl (C=O) groups is 1. The maximum absolute atomic E-state index is 10.8. The van der Waals surface area contributed by atoms with Crippen LogP contribution in [-0.4, -0.2) is 21.2 Å². The molecular weight excluding hydrogens is 320 g/mol. The van der Waals surface area contributed by atoms with Crippen molar-refractivity contribution in [3.8, 4) is 16.9 Å². The Bertz CT molecular complexity index is 830. The van der Waals surface area contributed by atoms with Crippen LogP contribution < -0.4 is 4.73 Å². The van der Waals surface area contributed by atoms with E-state index in [1.54, 1.807) is 36.7 Å². The summed E-state index contributed by atoms with van der Waals surface area (Å²) in [6.07, 6.45) is 8.93. The molecule has 2 heterocycles. The van der Waals surface area contributed by atoms with Gasteiger partial charge >= 0.3 is 5.97 Å². The Hall–Kier alpha value is -3.67. The minimum Gasteiger partial charge on any atom is -0.619 e. The zero-order valence-corrected chi connectivity index (χ0v) is 13.2. The van der Waals surface area contributed by atoms with Gasteiger partial charge in [-0.15, -0.1) is 0 Å². The molecule has 3 rings (SSSR count). The Kier molecular flexibility index (Phi) is 6.24. The van der Waals surface area contributed by atoms with Crippen LogP contribution in [0.1, 0.15) is 5.56 Å². The second kappa shape index (κ2) is 8.83. The first-order valence-corrected chi connectivity index (χ1v) is 7.34. The molecule has 6 nitrogen and oxygen atoms in total. The maximum atomic E-state index is 10.8. The molecule has 0 atom stereocenters. The van der Waals surface area contributed by atoms with Crippen LogP contribution in [0.5, 0.6) is 5.75 Å². The number of rotatable bonds is 3. The SMILES string of the molecule is O=C(O)/C=C/c1ccc(O)cc1.[O-][n+]1ccc(-c2ccncc2)cc1. The predicted molar refractivity (Wildman–Crippen MR) is 93.4 cm³/mol. The highest BCUT2D eigenvalue weighted by Crippen LogP contribution is 2.15. The van der Waals surface area contributed by atoms with E-state index in [0.717, 1.165) is 27.5 Å². The maximum Gasteiger partial charge on any atom is 0.328 e. The van der Waals surface area contributed by atoms with Crippen molar-refractivity contribution in [1.29, 1.82) is 0 Å². The first-order valence-electron chi connectivity index (χ1n) is 7.34. The zero-order valence-electron chi connectivity index (χ0n) is 13.2. The summed E-state index contributed by atoms with van der Waals surface area (Å²) in [5.74, 6) is -0.814. The molecule has 1 aromatic carbocycles. The van der Waals surface area contributed by atoms with Gasteiger partial charge < -0.3 is 15.4 Å². The topological polar surface area (TPSA) is 97.4 Å². The van der Waals surface area contributed by atoms with Gasteiger partial charge in [-0.05, 0) is 47.0 Å². The fourth-order valence-electron chi connectivity index (χ4n) is 1.90. The monoisotopic (exact) mass is 336 g/mol. The number of hydrogen-bond acceptors (Lipinski definition) is 4. The lowest BCUT2D eigenvalue weighted by atomic mass is 10.1. The van der Waals surface area contributed by atoms with Crippen molar-refractivity contribution in [2.45, 2.75) is 0 Å². The molecule has 2 aromatic heterocycles. The molecule has 0 bridgehead atoms. The molecule has 2 N–H and O–H groups in total. The standard InChI is InChI=1S/C10H8N2O.C9H8O3/c13-12-7-3-10(4-8-12)9-1-5-11-6-2-9;10-8-4-1-7(2-5-8)3-6-9(11)12/h1-8H;1-6,10H,(H,11,12)/b;6-3+. The Morgan fingerprint density at radius 3 is 2.08 bits per heavy atom. The predicted octanol–water partition coefficient (Wildman–Crippen LogP) is 2.87. The lowest BCUT2D eigenvalue weighted by Crippen LogP contribution is -2.23. The van der Waals surface area contributed by atoms with Crippen LogP contribution in [0.4, 0.5) is 0 Å². The van der Waals surface area contributed by atoms with E-state index in [-0.39, 0.29) is 5.75 Å². The molecule has 0 saturated carbocycles. The quantitative estimate of drug-likeness (QED) is 0.435. The van der Waals surface area contributed by atoms with Gasteiger partial charge in [0.15, 0.2) is 12.4 Å². The number of carboxylic acids is 1. The van der Waals surface area contributed by atoms with E-state index < -0.39 is 5.97 Å². The largest absolute Gasteiger partial charge is 0.619 e. The average Bonchev–Trinajstić information content (AvgIpc) is 2.63. The van der Waals surface area contributed by atoms with Crippen LogP contribution in [0, 0.1) is 5.21 Å². The van der Waals surface area contributed by atoms with E-state index in [2.05, 4.69) is 4.98 Å². The van der Waals surface area contributed by atoms with Gasteiger partial charge in [0.25, 0.3) is 0 Å². The number of nitrogens with zero attached hydrogens (tertiary/aromatic N) is 2. The number of hydrogen-bond donors (Lipinski definition) is 2. The van der Waals surface area contributed by atoms with Crippen LogP contribution in [0.2, 0.25) is 0 Å². The number of phenolic OH excluding ortho intramolecular Hbond substituents is 1. The number of pyridine rings is 2. The fraction of sp³-hybridized carbons (Fsp3) is 0. The number of aliphatic carboxylic acids is 1. The van der Waals surface area contributed by atoms with Crippen molar-refractivity contribution in [3.63, 3.8) is 0 Å². The Balaban J connectivity index is 0.000000181. The molecule has 0 spiro atoms. The average molecular weight is 336 g/mol. The molecule has 25 heavy (non-hydrogen) atoms. The number of carboxylic acid groups (broad SMARTS) is 1. The van der Waals surface area contributed by atoms with Gasteiger partial charge in [0.1, 0.15) is 5.75 Å². The molecule has 0 saturated heterocycles. The highest BCUT2D eigenvalue weighted by atomic mass is 16.5. The number of benzene rings is 1. The molecule has 126 valence electrons. The van der Waals surface area contributed by atoms with Gasteiger partial charge in [-0.25, -0.2) is 4.79 Å². The molecule has 3 aromatic rings. The van der Waals surface area contributed by atoms with Crippen LogP contribution in [0.15, 0.2) is 79.4 Å². The molecule has 0 unspecified atom stereocenters. The third-order valence-corrected chi connectivity index (χ3v) is 3.13. The molecule has 0 radical (unpaired) electrons. The van der Waals surface area contributed by atoms with E-state index in [0.29, 0.717) is 0 Å². The zero-order chi connectivity index (χ0) is 18.1. The summed E-state index contributed by atoms with van der Waals surface area (Å²) in [4.78, 5) is 14.0. The van der Waals surface area contributed by atoms with Gasteiger partial charge in [0.05, 0.1) is 0 Å². The highest BCUT2D eigenvalue weighted by molar-refractivity contribution is 5.85. The fourth-order valence-corrected chi connectivity index (χ4v) is 1.90. The van der Waals surface area contributed by atoms with Crippen LogP contribution in [-0.2, 0) is 4.79 Å². The molecular formula is C19H16N2O4. The van der Waals surface area contributed by atoms with Crippen molar-refractivity contribution >= 4 is 12.0 Å². The van der Waals surface area contributed by atoms with E-state index in [1.165, 1.54) is 30.6 Å². The van der Waals surface area contributed by atoms with E-state index in [9.17, 15) is 10.0 Å². The van der Waals surface area contributed by atoms with Gasteiger partial charge in [0.2, 0.25) is 0 Å². The smallest absolute Gasteiger partial charge is 0.328 e. The van der Waals surface area contributed by atoms with Gasteiger partial charge in [0, 0.05) is 30.6 Å². The number of aromatic nitrogens is 2. The lowest BCUT2D eigenvalue weighted by Gasteiger charge is -1.99. The van der Waals surface area contributed by atoms with Crippen molar-refractivity contribution in [3.05, 3.63) is 90.2 Å². The van der Waals surface area contributed by atoms with Gasteiger partial charge in [-0.2, -0.15) is 4.73 Å². The van der Waals surface area contributed by atoms with Crippen molar-refractivity contribution in [2.24, 2.45) is 0 Å². The van der Waals surface area contributed by atoms with Gasteiger partial charge in [-0.1, -0.05) is 12.1 Å². The lowest BCUT2D eigenvalue weighted by molar-refractivity contribution is -0.605. The van der Waals surface area contributed by atoms with Crippen LogP contribution in [0.25, 0.3) is 17.2 Å². The minimum atomic E-state index is -0.983. The van der Waals surface area contributed by atoms with Crippen molar-refractivity contribution in [1.82, 2.24) is 4.98 Å². The normalized spacial score (nSPS) is 10.1. The molecule has 0 aliphatic rings. The number of phenols is 1. The Morgan fingerprint density at radius 1 is 0.960 bits per heavy atom. The second-order valence-electron chi connectivity index (χ2n) is 4.95. The summed E-state index contributed by atoms with van der Waals surface area (Å²) in [6, 6.07) is 13.6. The number of aromatic hydroxyl groups is 1. The van der Waals surface area contributed by atoms with Crippen LogP contribution >= 0.6 is 0 Å². The summed E-state index contributed by atoms with van der Waals surface area (Å²) in [5, 5.41) is 27.9. The molecule has 0 amide bonds. The molecule has 6 heteroatoms. The highest BCUT2D eigenvalue weighted by Gasteiger charge is 1.97. The minimum absolute atomic E-state index is 0.169. The summed E-state index contributed by atoms with van der Waals surface area (Å²) in [5.41, 5.74) is 2.83. The van der Waals surface area contributed by atoms with E-state index in [4.69, 9.17) is 10.2 Å².